The maximum Gasteiger partial charge on any atom is 0.154 e. The van der Waals surface area contributed by atoms with Gasteiger partial charge in [-0.3, -0.25) is 0 Å². The van der Waals surface area contributed by atoms with Crippen molar-refractivity contribution in [2.75, 3.05) is 10.6 Å². The van der Waals surface area contributed by atoms with Crippen molar-refractivity contribution in [1.82, 2.24) is 0 Å². The molecule has 2 N–H and O–H groups in total. The maximum absolute atomic E-state index is 6.73. The van der Waals surface area contributed by atoms with Crippen molar-refractivity contribution in [3.8, 4) is 11.5 Å². The molecule has 1 aliphatic heterocycles. The Bertz CT molecular complexity index is 820. The average Bonchev–Trinajstić information content (AvgIpc) is 2.77. The first-order valence-corrected chi connectivity index (χ1v) is 12.1. The molecule has 2 aromatic rings. The van der Waals surface area contributed by atoms with Crippen LogP contribution in [0.1, 0.15) is 89.2 Å². The molecule has 0 atom stereocenters. The van der Waals surface area contributed by atoms with E-state index in [9.17, 15) is 0 Å². The van der Waals surface area contributed by atoms with Gasteiger partial charge in [-0.25, -0.2) is 0 Å². The van der Waals surface area contributed by atoms with Gasteiger partial charge in [0.2, 0.25) is 0 Å². The molecule has 0 amide bonds. The fourth-order valence-electron chi connectivity index (χ4n) is 5.69. The lowest BCUT2D eigenvalue weighted by Gasteiger charge is -2.37. The van der Waals surface area contributed by atoms with Crippen molar-refractivity contribution in [2.45, 2.75) is 95.6 Å². The van der Waals surface area contributed by atoms with Gasteiger partial charge in [0.15, 0.2) is 11.5 Å². The second kappa shape index (κ2) is 8.17. The summed E-state index contributed by atoms with van der Waals surface area (Å²) in [6.45, 7) is 4.67. The van der Waals surface area contributed by atoms with Crippen LogP contribution in [-0.2, 0) is 5.41 Å². The van der Waals surface area contributed by atoms with E-state index in [1.165, 1.54) is 75.3 Å². The van der Waals surface area contributed by atoms with Crippen LogP contribution in [0, 0.1) is 0 Å². The summed E-state index contributed by atoms with van der Waals surface area (Å²) in [5, 5.41) is 7.67. The summed E-state index contributed by atoms with van der Waals surface area (Å²) >= 11 is 0. The first-order valence-electron chi connectivity index (χ1n) is 12.1. The number of hydrogen-bond donors (Lipinski definition) is 2. The van der Waals surface area contributed by atoms with Crippen LogP contribution in [0.3, 0.4) is 0 Å². The zero-order valence-electron chi connectivity index (χ0n) is 18.6. The lowest BCUT2D eigenvalue weighted by atomic mass is 9.75. The predicted molar refractivity (Wildman–Crippen MR) is 126 cm³/mol. The molecule has 2 aliphatic carbocycles. The van der Waals surface area contributed by atoms with Crippen molar-refractivity contribution in [2.24, 2.45) is 0 Å². The topological polar surface area (TPSA) is 33.3 Å². The SMILES string of the molecule is CC1(C)c2cccc(NC3CCCCC3)c2Oc2c(NC3CCCCC3)cccc21. The van der Waals surface area contributed by atoms with E-state index in [1.54, 1.807) is 0 Å². The fourth-order valence-corrected chi connectivity index (χ4v) is 5.69. The molecule has 0 bridgehead atoms. The van der Waals surface area contributed by atoms with Crippen LogP contribution in [-0.4, -0.2) is 12.1 Å². The van der Waals surface area contributed by atoms with E-state index in [4.69, 9.17) is 4.74 Å². The summed E-state index contributed by atoms with van der Waals surface area (Å²) < 4.78 is 6.73. The summed E-state index contributed by atoms with van der Waals surface area (Å²) in [6, 6.07) is 14.4. The van der Waals surface area contributed by atoms with Crippen LogP contribution in [0.5, 0.6) is 11.5 Å². The summed E-state index contributed by atoms with van der Waals surface area (Å²) in [6.07, 6.45) is 13.1. The van der Waals surface area contributed by atoms with E-state index in [0.29, 0.717) is 12.1 Å². The first-order chi connectivity index (χ1) is 14.6. The van der Waals surface area contributed by atoms with Gasteiger partial charge in [-0.1, -0.05) is 76.6 Å². The fraction of sp³-hybridized carbons (Fsp3) is 0.556. The van der Waals surface area contributed by atoms with Crippen LogP contribution in [0.2, 0.25) is 0 Å². The van der Waals surface area contributed by atoms with E-state index >= 15 is 0 Å². The van der Waals surface area contributed by atoms with Gasteiger partial charge in [-0.2, -0.15) is 0 Å². The molecule has 0 spiro atoms. The largest absolute Gasteiger partial charge is 0.452 e. The number of fused-ring (bicyclic) bond motifs is 2. The summed E-state index contributed by atoms with van der Waals surface area (Å²) in [7, 11) is 0. The summed E-state index contributed by atoms with van der Waals surface area (Å²) in [4.78, 5) is 0. The minimum Gasteiger partial charge on any atom is -0.452 e. The molecule has 2 fully saturated rings. The lowest BCUT2D eigenvalue weighted by Crippen LogP contribution is -2.28. The second-order valence-corrected chi connectivity index (χ2v) is 10.1. The average molecular weight is 405 g/mol. The van der Waals surface area contributed by atoms with Gasteiger partial charge in [0.05, 0.1) is 11.4 Å². The highest BCUT2D eigenvalue weighted by molar-refractivity contribution is 5.73. The third-order valence-corrected chi connectivity index (χ3v) is 7.51. The molecule has 5 rings (SSSR count). The normalized spacial score (nSPS) is 21.3. The number of nitrogens with one attached hydrogen (secondary N) is 2. The molecule has 0 unspecified atom stereocenters. The van der Waals surface area contributed by atoms with E-state index < -0.39 is 0 Å². The molecule has 2 saturated carbocycles. The van der Waals surface area contributed by atoms with Crippen molar-refractivity contribution in [3.05, 3.63) is 47.5 Å². The highest BCUT2D eigenvalue weighted by Crippen LogP contribution is 2.53. The Morgan fingerprint density at radius 3 is 1.53 bits per heavy atom. The van der Waals surface area contributed by atoms with Crippen LogP contribution in [0.4, 0.5) is 11.4 Å². The molecule has 0 saturated heterocycles. The van der Waals surface area contributed by atoms with Gasteiger partial charge in [-0.05, 0) is 37.8 Å². The van der Waals surface area contributed by atoms with Gasteiger partial charge in [0, 0.05) is 28.6 Å². The number of hydrogen-bond acceptors (Lipinski definition) is 3. The number of ether oxygens (including phenoxy) is 1. The van der Waals surface area contributed by atoms with Crippen molar-refractivity contribution >= 4 is 11.4 Å². The summed E-state index contributed by atoms with van der Waals surface area (Å²) in [5.74, 6) is 2.05. The molecule has 160 valence electrons. The monoisotopic (exact) mass is 404 g/mol. The molecule has 0 radical (unpaired) electrons. The minimum absolute atomic E-state index is 0.0859. The third kappa shape index (κ3) is 3.68. The van der Waals surface area contributed by atoms with E-state index in [2.05, 4.69) is 60.9 Å². The molecule has 3 nitrogen and oxygen atoms in total. The Kier molecular flexibility index (Phi) is 5.39. The molecule has 0 aromatic heterocycles. The smallest absolute Gasteiger partial charge is 0.154 e. The van der Waals surface area contributed by atoms with Crippen LogP contribution < -0.4 is 15.4 Å². The van der Waals surface area contributed by atoms with Gasteiger partial charge in [-0.15, -0.1) is 0 Å². The molecular weight excluding hydrogens is 368 g/mol. The quantitative estimate of drug-likeness (QED) is 0.550. The Morgan fingerprint density at radius 1 is 0.667 bits per heavy atom. The van der Waals surface area contributed by atoms with E-state index in [1.807, 2.05) is 0 Å². The van der Waals surface area contributed by atoms with Gasteiger partial charge in [0.1, 0.15) is 0 Å². The standard InChI is InChI=1S/C27H36N2O/c1-27(2)21-15-9-17-23(28-19-11-5-3-6-12-19)25(21)30-26-22(27)16-10-18-24(26)29-20-13-7-4-8-14-20/h9-10,15-20,28-29H,3-8,11-14H2,1-2H3. The Balaban J connectivity index is 1.49. The lowest BCUT2D eigenvalue weighted by molar-refractivity contribution is 0.414. The van der Waals surface area contributed by atoms with Crippen LogP contribution in [0.25, 0.3) is 0 Å². The third-order valence-electron chi connectivity index (χ3n) is 7.51. The highest BCUT2D eigenvalue weighted by Gasteiger charge is 2.37. The summed E-state index contributed by atoms with van der Waals surface area (Å²) in [5.41, 5.74) is 4.80. The molecular formula is C27H36N2O. The molecule has 2 aromatic carbocycles. The number of anilines is 2. The van der Waals surface area contributed by atoms with E-state index in [0.717, 1.165) is 22.9 Å². The van der Waals surface area contributed by atoms with Crippen molar-refractivity contribution < 1.29 is 4.74 Å². The Labute approximate surface area is 181 Å². The number of benzene rings is 2. The zero-order chi connectivity index (χ0) is 20.6. The first kappa shape index (κ1) is 19.8. The maximum atomic E-state index is 6.73. The van der Waals surface area contributed by atoms with Crippen molar-refractivity contribution in [1.29, 1.82) is 0 Å². The molecule has 3 aliphatic rings. The number of rotatable bonds is 4. The Morgan fingerprint density at radius 2 is 1.10 bits per heavy atom. The number of para-hydroxylation sites is 2. The van der Waals surface area contributed by atoms with Gasteiger partial charge >= 0.3 is 0 Å². The Hall–Kier alpha value is -2.16. The molecule has 1 heterocycles. The van der Waals surface area contributed by atoms with E-state index in [-0.39, 0.29) is 5.41 Å². The van der Waals surface area contributed by atoms with Gasteiger partial charge in [0.25, 0.3) is 0 Å². The van der Waals surface area contributed by atoms with Gasteiger partial charge < -0.3 is 15.4 Å². The highest BCUT2D eigenvalue weighted by atomic mass is 16.5. The predicted octanol–water partition coefficient (Wildman–Crippen LogP) is 7.61. The zero-order valence-corrected chi connectivity index (χ0v) is 18.6. The minimum atomic E-state index is -0.0859. The second-order valence-electron chi connectivity index (χ2n) is 10.1. The van der Waals surface area contributed by atoms with Crippen LogP contribution >= 0.6 is 0 Å². The molecule has 30 heavy (non-hydrogen) atoms. The van der Waals surface area contributed by atoms with Crippen molar-refractivity contribution in [3.63, 3.8) is 0 Å². The van der Waals surface area contributed by atoms with Crippen LogP contribution in [0.15, 0.2) is 36.4 Å². The molecule has 3 heteroatoms.